The molecule has 1 aliphatic carbocycles. The molecule has 3 atom stereocenters. The highest BCUT2D eigenvalue weighted by Gasteiger charge is 2.31. The summed E-state index contributed by atoms with van der Waals surface area (Å²) in [5, 5.41) is 18.7. The van der Waals surface area contributed by atoms with Crippen molar-refractivity contribution in [1.29, 1.82) is 0 Å². The normalized spacial score (nSPS) is 16.5. The molecule has 0 saturated carbocycles. The van der Waals surface area contributed by atoms with Crippen LogP contribution < -0.4 is 21.5 Å². The van der Waals surface area contributed by atoms with Crippen molar-refractivity contribution in [2.45, 2.75) is 110 Å². The van der Waals surface area contributed by atoms with Gasteiger partial charge in [-0.1, -0.05) is 66.2 Å². The number of hydrogen-bond acceptors (Lipinski definition) is 9. The molecule has 4 N–H and O–H groups in total. The third-order valence-corrected chi connectivity index (χ3v) is 11.6. The van der Waals surface area contributed by atoms with Gasteiger partial charge in [0.1, 0.15) is 22.9 Å². The maximum Gasteiger partial charge on any atom is 0.410 e. The number of alkyl carbamates (subject to hydrolysis) is 1. The molecule has 1 fully saturated rings. The molecule has 14 nitrogen and oxygen atoms in total. The Morgan fingerprint density at radius 3 is 2.27 bits per heavy atom. The quantitative estimate of drug-likeness (QED) is 0.107. The second-order valence-corrected chi connectivity index (χ2v) is 18.9. The van der Waals surface area contributed by atoms with Gasteiger partial charge >= 0.3 is 12.2 Å². The van der Waals surface area contributed by atoms with Gasteiger partial charge in [0.05, 0.1) is 23.7 Å². The lowest BCUT2D eigenvalue weighted by atomic mass is 9.91. The Morgan fingerprint density at radius 2 is 1.58 bits per heavy atom. The van der Waals surface area contributed by atoms with Gasteiger partial charge < -0.3 is 35.4 Å². The van der Waals surface area contributed by atoms with Crippen molar-refractivity contribution in [3.63, 3.8) is 0 Å². The van der Waals surface area contributed by atoms with Gasteiger partial charge in [0.25, 0.3) is 5.56 Å². The Balaban J connectivity index is 1.09. The van der Waals surface area contributed by atoms with Crippen LogP contribution in [0.15, 0.2) is 83.9 Å². The summed E-state index contributed by atoms with van der Waals surface area (Å²) in [6, 6.07) is 20.2. The fourth-order valence-corrected chi connectivity index (χ4v) is 8.58. The summed E-state index contributed by atoms with van der Waals surface area (Å²) in [6.45, 7) is 12.1. The van der Waals surface area contributed by atoms with Crippen molar-refractivity contribution in [2.75, 3.05) is 13.2 Å². The van der Waals surface area contributed by atoms with Crippen LogP contribution in [0.25, 0.3) is 39.0 Å². The zero-order valence-corrected chi connectivity index (χ0v) is 38.0. The highest BCUT2D eigenvalue weighted by atomic mass is 35.5. The number of fused-ring (bicyclic) bond motifs is 2. The van der Waals surface area contributed by atoms with E-state index in [1.54, 1.807) is 47.7 Å². The highest BCUT2D eigenvalue weighted by molar-refractivity contribution is 6.36. The number of pyridine rings is 1. The standard InChI is InChI=1S/C49H55ClN6O8/c1-28-36(31-18-19-56-41(23-31)51-24-33(45(56)60)25-55(47(62)64-49(5,6)7)26-34-16-17-42(58)52-34)10-8-11-37(28)39-13-9-12-38(43(39)50)30-15-14-29-21-35(22-32(29)20-30)53-44(59)40(27-57)54-46(61)63-48(2,3)4/h8-15,18-20,23-24,34-35,40,57H,16-17,21-22,25-27H2,1-7H3,(H,52,58)(H,53,59)(H,54,61)/t34-,35?,40-/m0/s1. The van der Waals surface area contributed by atoms with Gasteiger partial charge in [0.15, 0.2) is 0 Å². The second-order valence-electron chi connectivity index (χ2n) is 18.5. The average Bonchev–Trinajstić information content (AvgIpc) is 3.83. The van der Waals surface area contributed by atoms with E-state index >= 15 is 0 Å². The van der Waals surface area contributed by atoms with Crippen molar-refractivity contribution < 1.29 is 33.8 Å². The number of hydrogen-bond donors (Lipinski definition) is 4. The maximum absolute atomic E-state index is 13.8. The van der Waals surface area contributed by atoms with Crippen molar-refractivity contribution in [3.05, 3.63) is 117 Å². The van der Waals surface area contributed by atoms with Crippen molar-refractivity contribution in [2.24, 2.45) is 0 Å². The third kappa shape index (κ3) is 10.6. The van der Waals surface area contributed by atoms with Gasteiger partial charge in [-0.2, -0.15) is 0 Å². The molecular weight excluding hydrogens is 836 g/mol. The van der Waals surface area contributed by atoms with E-state index in [0.29, 0.717) is 41.9 Å². The fraction of sp³-hybridized carbons (Fsp3) is 0.388. The first-order valence-corrected chi connectivity index (χ1v) is 21.8. The lowest BCUT2D eigenvalue weighted by molar-refractivity contribution is -0.124. The Hall–Kier alpha value is -6.25. The van der Waals surface area contributed by atoms with Crippen molar-refractivity contribution in [3.8, 4) is 33.4 Å². The molecule has 1 unspecified atom stereocenters. The summed E-state index contributed by atoms with van der Waals surface area (Å²) < 4.78 is 12.4. The molecule has 0 radical (unpaired) electrons. The number of carbonyl (C=O) groups excluding carboxylic acids is 4. The van der Waals surface area contributed by atoms with Crippen LogP contribution in [0.4, 0.5) is 9.59 Å². The Labute approximate surface area is 377 Å². The molecule has 4 amide bonds. The predicted octanol–water partition coefficient (Wildman–Crippen LogP) is 7.14. The van der Waals surface area contributed by atoms with Crippen LogP contribution in [0.3, 0.4) is 0 Å². The first-order chi connectivity index (χ1) is 30.3. The van der Waals surface area contributed by atoms with Crippen LogP contribution >= 0.6 is 11.6 Å². The van der Waals surface area contributed by atoms with Crippen LogP contribution in [0, 0.1) is 6.92 Å². The Bertz CT molecular complexity index is 2690. The molecule has 3 aromatic carbocycles. The average molecular weight is 891 g/mol. The van der Waals surface area contributed by atoms with Crippen LogP contribution in [0.5, 0.6) is 0 Å². The van der Waals surface area contributed by atoms with Gasteiger partial charge in [0, 0.05) is 48.6 Å². The number of aliphatic hydroxyl groups excluding tert-OH is 1. The monoisotopic (exact) mass is 890 g/mol. The van der Waals surface area contributed by atoms with Gasteiger partial charge in [0.2, 0.25) is 11.8 Å². The summed E-state index contributed by atoms with van der Waals surface area (Å²) in [6.07, 6.45) is 3.96. The molecule has 1 saturated heterocycles. The zero-order valence-electron chi connectivity index (χ0n) is 37.2. The molecular formula is C49H55ClN6O8. The smallest absolute Gasteiger partial charge is 0.410 e. The number of rotatable bonds is 11. The van der Waals surface area contributed by atoms with Crippen LogP contribution in [-0.2, 0) is 38.4 Å². The van der Waals surface area contributed by atoms with E-state index in [1.807, 2.05) is 67.6 Å². The van der Waals surface area contributed by atoms with E-state index in [1.165, 1.54) is 15.5 Å². The summed E-state index contributed by atoms with van der Waals surface area (Å²) >= 11 is 7.26. The first kappa shape index (κ1) is 45.8. The number of amides is 4. The molecule has 0 bridgehead atoms. The lowest BCUT2D eigenvalue weighted by Crippen LogP contribution is -2.52. The van der Waals surface area contributed by atoms with E-state index in [9.17, 15) is 29.1 Å². The van der Waals surface area contributed by atoms with Gasteiger partial charge in [-0.25, -0.2) is 14.6 Å². The minimum absolute atomic E-state index is 0.0363. The Kier molecular flexibility index (Phi) is 13.2. The number of carbonyl (C=O) groups is 4. The topological polar surface area (TPSA) is 181 Å². The minimum Gasteiger partial charge on any atom is -0.444 e. The van der Waals surface area contributed by atoms with Gasteiger partial charge in [-0.05, 0) is 119 Å². The second kappa shape index (κ2) is 18.5. The minimum atomic E-state index is -1.15. The molecule has 15 heteroatoms. The molecule has 336 valence electrons. The summed E-state index contributed by atoms with van der Waals surface area (Å²) in [4.78, 5) is 70.4. The van der Waals surface area contributed by atoms with Crippen molar-refractivity contribution in [1.82, 2.24) is 30.2 Å². The van der Waals surface area contributed by atoms with Crippen LogP contribution in [-0.4, -0.2) is 85.9 Å². The molecule has 7 rings (SSSR count). The summed E-state index contributed by atoms with van der Waals surface area (Å²) in [7, 11) is 0. The molecule has 2 aliphatic rings. The molecule has 5 aromatic rings. The molecule has 64 heavy (non-hydrogen) atoms. The molecule has 2 aromatic heterocycles. The van der Waals surface area contributed by atoms with E-state index in [0.717, 1.165) is 50.1 Å². The number of nitrogens with zero attached hydrogens (tertiary/aromatic N) is 3. The number of benzene rings is 3. The van der Waals surface area contributed by atoms with E-state index in [2.05, 4.69) is 27.0 Å². The van der Waals surface area contributed by atoms with Crippen LogP contribution in [0.1, 0.15) is 76.6 Å². The fourth-order valence-electron chi connectivity index (χ4n) is 8.24. The number of aliphatic hydroxyl groups is 1. The first-order valence-electron chi connectivity index (χ1n) is 21.5. The van der Waals surface area contributed by atoms with Gasteiger partial charge in [-0.3, -0.25) is 18.8 Å². The lowest BCUT2D eigenvalue weighted by Gasteiger charge is -2.29. The van der Waals surface area contributed by atoms with Gasteiger partial charge in [-0.15, -0.1) is 0 Å². The zero-order chi connectivity index (χ0) is 46.1. The molecule has 1 aliphatic heterocycles. The highest BCUT2D eigenvalue weighted by Crippen LogP contribution is 2.41. The van der Waals surface area contributed by atoms with E-state index < -0.39 is 41.9 Å². The van der Waals surface area contributed by atoms with Crippen molar-refractivity contribution >= 4 is 41.2 Å². The predicted molar refractivity (Wildman–Crippen MR) is 245 cm³/mol. The summed E-state index contributed by atoms with van der Waals surface area (Å²) in [5.74, 6) is -0.561. The number of nitrogens with one attached hydrogen (secondary N) is 3. The summed E-state index contributed by atoms with van der Waals surface area (Å²) in [5.41, 5.74) is 7.42. The van der Waals surface area contributed by atoms with E-state index in [-0.39, 0.29) is 36.6 Å². The SMILES string of the molecule is Cc1c(-c2ccn3c(=O)c(CN(C[C@@H]4CCC(=O)N4)C(=O)OC(C)(C)C)cnc3c2)cccc1-c1cccc(-c2ccc3c(c2)CC(NC(=O)[C@H](CO)NC(=O)OC(C)(C)C)C3)c1Cl. The molecule has 0 spiro atoms. The largest absolute Gasteiger partial charge is 0.444 e. The number of aromatic nitrogens is 2. The molecule has 3 heterocycles. The van der Waals surface area contributed by atoms with E-state index in [4.69, 9.17) is 21.1 Å². The maximum atomic E-state index is 13.8. The third-order valence-electron chi connectivity index (χ3n) is 11.2. The Morgan fingerprint density at radius 1 is 0.906 bits per heavy atom. The number of ether oxygens (including phenoxy) is 2. The van der Waals surface area contributed by atoms with Crippen LogP contribution in [0.2, 0.25) is 5.02 Å². The number of halogens is 1.